The third kappa shape index (κ3) is 4.29. The van der Waals surface area contributed by atoms with Crippen molar-refractivity contribution in [2.24, 2.45) is 5.92 Å². The van der Waals surface area contributed by atoms with Gasteiger partial charge >= 0.3 is 0 Å². The Labute approximate surface area is 116 Å². The van der Waals surface area contributed by atoms with Gasteiger partial charge in [-0.1, -0.05) is 37.1 Å². The highest BCUT2D eigenvalue weighted by atomic mass is 35.5. The maximum Gasteiger partial charge on any atom is 0.0440 e. The van der Waals surface area contributed by atoms with Crippen LogP contribution in [0.2, 0.25) is 5.02 Å². The quantitative estimate of drug-likeness (QED) is 0.772. The summed E-state index contributed by atoms with van der Waals surface area (Å²) in [6, 6.07) is 7.24. The minimum atomic E-state index is 0.718. The Balaban J connectivity index is 1.92. The molecule has 18 heavy (non-hydrogen) atoms. The van der Waals surface area contributed by atoms with E-state index < -0.39 is 0 Å². The highest BCUT2D eigenvalue weighted by molar-refractivity contribution is 6.31. The van der Waals surface area contributed by atoms with Crippen LogP contribution < -0.4 is 5.32 Å². The first-order chi connectivity index (χ1) is 8.69. The molecule has 1 aromatic carbocycles. The molecular weight excluding hydrogens is 242 g/mol. The molecule has 0 bridgehead atoms. The fourth-order valence-electron chi connectivity index (χ4n) is 2.43. The molecule has 0 heterocycles. The van der Waals surface area contributed by atoms with E-state index in [1.54, 1.807) is 0 Å². The lowest BCUT2D eigenvalue weighted by Crippen LogP contribution is -2.26. The Hall–Kier alpha value is -0.530. The minimum absolute atomic E-state index is 0.718. The lowest BCUT2D eigenvalue weighted by molar-refractivity contribution is 0.437. The monoisotopic (exact) mass is 265 g/mol. The average Bonchev–Trinajstić information content (AvgIpc) is 3.13. The molecule has 2 heteroatoms. The van der Waals surface area contributed by atoms with Crippen molar-refractivity contribution in [3.05, 3.63) is 34.3 Å². The summed E-state index contributed by atoms with van der Waals surface area (Å²) >= 11 is 6.33. The Morgan fingerprint density at radius 2 is 2.17 bits per heavy atom. The molecule has 0 spiro atoms. The highest BCUT2D eigenvalue weighted by Crippen LogP contribution is 2.24. The smallest absolute Gasteiger partial charge is 0.0440 e. The lowest BCUT2D eigenvalue weighted by atomic mass is 9.94. The van der Waals surface area contributed by atoms with Gasteiger partial charge in [0.2, 0.25) is 0 Å². The molecule has 0 aliphatic heterocycles. The van der Waals surface area contributed by atoms with Gasteiger partial charge in [-0.25, -0.2) is 0 Å². The molecule has 100 valence electrons. The van der Waals surface area contributed by atoms with Crippen LogP contribution in [0.3, 0.4) is 0 Å². The summed E-state index contributed by atoms with van der Waals surface area (Å²) in [5.74, 6) is 0.718. The van der Waals surface area contributed by atoms with Crippen LogP contribution >= 0.6 is 11.6 Å². The van der Waals surface area contributed by atoms with Crippen LogP contribution in [0.15, 0.2) is 18.2 Å². The fourth-order valence-corrected chi connectivity index (χ4v) is 2.75. The molecule has 1 N–H and O–H groups in total. The maximum atomic E-state index is 6.33. The van der Waals surface area contributed by atoms with E-state index in [0.717, 1.165) is 29.9 Å². The third-order valence-electron chi connectivity index (χ3n) is 3.69. The molecule has 2 rings (SSSR count). The molecule has 0 aromatic heterocycles. The van der Waals surface area contributed by atoms with Gasteiger partial charge < -0.3 is 5.32 Å². The minimum Gasteiger partial charge on any atom is -0.314 e. The fraction of sp³-hybridized carbons (Fsp3) is 0.625. The number of aryl methyl sites for hydroxylation is 1. The van der Waals surface area contributed by atoms with Gasteiger partial charge in [-0.3, -0.25) is 0 Å². The molecule has 1 aliphatic carbocycles. The van der Waals surface area contributed by atoms with Gasteiger partial charge in [0.05, 0.1) is 0 Å². The Morgan fingerprint density at radius 3 is 2.78 bits per heavy atom. The molecule has 1 saturated carbocycles. The highest BCUT2D eigenvalue weighted by Gasteiger charge is 2.22. The zero-order valence-electron chi connectivity index (χ0n) is 11.5. The molecule has 1 atom stereocenters. The van der Waals surface area contributed by atoms with E-state index in [1.165, 1.54) is 36.8 Å². The normalized spacial score (nSPS) is 16.8. The topological polar surface area (TPSA) is 12.0 Å². The first-order valence-electron chi connectivity index (χ1n) is 7.17. The van der Waals surface area contributed by atoms with Crippen molar-refractivity contribution in [3.8, 4) is 0 Å². The number of hydrogen-bond donors (Lipinski definition) is 1. The molecular formula is C16H24ClN. The standard InChI is InChI=1S/C16H24ClN/c1-3-4-13(11-18-15-7-8-15)10-14-6-5-12(2)9-16(14)17/h5-6,9,13,15,18H,3-4,7-8,10-11H2,1-2H3. The number of nitrogens with one attached hydrogen (secondary N) is 1. The van der Waals surface area contributed by atoms with Gasteiger partial charge in [-0.05, 0) is 62.3 Å². The summed E-state index contributed by atoms with van der Waals surface area (Å²) < 4.78 is 0. The van der Waals surface area contributed by atoms with Gasteiger partial charge in [0, 0.05) is 11.1 Å². The molecule has 1 nitrogen and oxygen atoms in total. The summed E-state index contributed by atoms with van der Waals surface area (Å²) in [6.07, 6.45) is 6.37. The first kappa shape index (κ1) is 13.9. The van der Waals surface area contributed by atoms with Crippen LogP contribution in [0.25, 0.3) is 0 Å². The molecule has 0 saturated heterocycles. The van der Waals surface area contributed by atoms with E-state index in [-0.39, 0.29) is 0 Å². The van der Waals surface area contributed by atoms with E-state index in [9.17, 15) is 0 Å². The van der Waals surface area contributed by atoms with E-state index in [1.807, 2.05) is 0 Å². The molecule has 1 unspecified atom stereocenters. The van der Waals surface area contributed by atoms with Crippen LogP contribution in [-0.4, -0.2) is 12.6 Å². The Bertz CT molecular complexity index is 385. The van der Waals surface area contributed by atoms with Crippen LogP contribution in [0, 0.1) is 12.8 Å². The van der Waals surface area contributed by atoms with Crippen LogP contribution in [-0.2, 0) is 6.42 Å². The summed E-state index contributed by atoms with van der Waals surface area (Å²) in [5.41, 5.74) is 2.55. The summed E-state index contributed by atoms with van der Waals surface area (Å²) in [7, 11) is 0. The second-order valence-corrected chi connectivity index (χ2v) is 6.04. The van der Waals surface area contributed by atoms with Crippen LogP contribution in [0.5, 0.6) is 0 Å². The first-order valence-corrected chi connectivity index (χ1v) is 7.55. The molecule has 1 aromatic rings. The van der Waals surface area contributed by atoms with Crippen molar-refractivity contribution in [2.45, 2.75) is 52.0 Å². The van der Waals surface area contributed by atoms with Gasteiger partial charge in [-0.15, -0.1) is 0 Å². The van der Waals surface area contributed by atoms with E-state index in [0.29, 0.717) is 0 Å². The Morgan fingerprint density at radius 1 is 1.39 bits per heavy atom. The van der Waals surface area contributed by atoms with E-state index in [4.69, 9.17) is 11.6 Å². The van der Waals surface area contributed by atoms with Gasteiger partial charge in [0.1, 0.15) is 0 Å². The van der Waals surface area contributed by atoms with E-state index >= 15 is 0 Å². The van der Waals surface area contributed by atoms with Crippen molar-refractivity contribution < 1.29 is 0 Å². The predicted molar refractivity (Wildman–Crippen MR) is 79.3 cm³/mol. The molecule has 1 aliphatic rings. The summed E-state index contributed by atoms with van der Waals surface area (Å²) in [5, 5.41) is 4.58. The van der Waals surface area contributed by atoms with Crippen molar-refractivity contribution in [2.75, 3.05) is 6.54 Å². The number of hydrogen-bond acceptors (Lipinski definition) is 1. The largest absolute Gasteiger partial charge is 0.314 e. The van der Waals surface area contributed by atoms with Crippen LogP contribution in [0.1, 0.15) is 43.7 Å². The Kier molecular flexibility index (Phi) is 5.08. The SMILES string of the molecule is CCCC(CNC1CC1)Cc1ccc(C)cc1Cl. The van der Waals surface area contributed by atoms with E-state index in [2.05, 4.69) is 37.4 Å². The third-order valence-corrected chi connectivity index (χ3v) is 4.04. The maximum absolute atomic E-state index is 6.33. The average molecular weight is 266 g/mol. The zero-order valence-corrected chi connectivity index (χ0v) is 12.3. The van der Waals surface area contributed by atoms with Gasteiger partial charge in [0.25, 0.3) is 0 Å². The number of benzene rings is 1. The van der Waals surface area contributed by atoms with Crippen molar-refractivity contribution in [3.63, 3.8) is 0 Å². The second kappa shape index (κ2) is 6.58. The van der Waals surface area contributed by atoms with Gasteiger partial charge in [0.15, 0.2) is 0 Å². The number of halogens is 1. The van der Waals surface area contributed by atoms with Crippen molar-refractivity contribution >= 4 is 11.6 Å². The van der Waals surface area contributed by atoms with Crippen LogP contribution in [0.4, 0.5) is 0 Å². The lowest BCUT2D eigenvalue weighted by Gasteiger charge is -2.18. The zero-order chi connectivity index (χ0) is 13.0. The summed E-state index contributed by atoms with van der Waals surface area (Å²) in [4.78, 5) is 0. The second-order valence-electron chi connectivity index (χ2n) is 5.64. The number of rotatable bonds is 7. The van der Waals surface area contributed by atoms with Crippen molar-refractivity contribution in [1.29, 1.82) is 0 Å². The summed E-state index contributed by atoms with van der Waals surface area (Å²) in [6.45, 7) is 5.50. The predicted octanol–water partition coefficient (Wildman–Crippen LogP) is 4.36. The van der Waals surface area contributed by atoms with Gasteiger partial charge in [-0.2, -0.15) is 0 Å². The van der Waals surface area contributed by atoms with Crippen molar-refractivity contribution in [1.82, 2.24) is 5.32 Å². The molecule has 0 radical (unpaired) electrons. The molecule has 1 fully saturated rings. The molecule has 0 amide bonds.